The molecule has 0 heterocycles. The van der Waals surface area contributed by atoms with Crippen LogP contribution in [-0.4, -0.2) is 6.61 Å². The van der Waals surface area contributed by atoms with Crippen molar-refractivity contribution in [3.8, 4) is 5.75 Å². The number of rotatable bonds is 2. The number of phenolic OH excluding ortho intramolecular Hbond substituents is 1. The van der Waals surface area contributed by atoms with Crippen LogP contribution in [0.25, 0.3) is 0 Å². The Hall–Kier alpha value is 0.557. The molecule has 3 heteroatoms. The van der Waals surface area contributed by atoms with Gasteiger partial charge in [-0.15, -0.1) is 12.4 Å². The summed E-state index contributed by atoms with van der Waals surface area (Å²) in [5.41, 5.74) is 2.46. The Labute approximate surface area is 130 Å². The second kappa shape index (κ2) is 7.09. The third-order valence-electron chi connectivity index (χ3n) is 3.28. The summed E-state index contributed by atoms with van der Waals surface area (Å²) in [6.07, 6.45) is 6.78. The van der Waals surface area contributed by atoms with Crippen LogP contribution in [0.5, 0.6) is 5.75 Å². The second-order valence-corrected chi connectivity index (χ2v) is 5.20. The van der Waals surface area contributed by atoms with Crippen molar-refractivity contribution in [3.63, 3.8) is 0 Å². The summed E-state index contributed by atoms with van der Waals surface area (Å²) in [7, 11) is 0. The molecule has 2 rings (SSSR count). The molecule has 0 aliphatic heterocycles. The number of benzene rings is 1. The van der Waals surface area contributed by atoms with Crippen LogP contribution < -0.4 is 0 Å². The van der Waals surface area contributed by atoms with Crippen LogP contribution in [0.4, 0.5) is 0 Å². The molecular formula is C13H17CeClO. The van der Waals surface area contributed by atoms with Crippen LogP contribution in [0.3, 0.4) is 0 Å². The summed E-state index contributed by atoms with van der Waals surface area (Å²) in [4.78, 5) is 0. The molecule has 0 aromatic heterocycles. The molecule has 1 aromatic rings. The molecule has 1 aliphatic rings. The number of aromatic hydroxyl groups is 1. The second-order valence-electron chi connectivity index (χ2n) is 4.30. The summed E-state index contributed by atoms with van der Waals surface area (Å²) in [5, 5.41) is 9.62. The van der Waals surface area contributed by atoms with E-state index < -0.39 is 0 Å². The minimum atomic E-state index is 0. The maximum atomic E-state index is 9.62. The van der Waals surface area contributed by atoms with Gasteiger partial charge in [0.25, 0.3) is 0 Å². The molecule has 1 aromatic carbocycles. The van der Waals surface area contributed by atoms with Crippen LogP contribution in [0, 0.1) is 39.1 Å². The Morgan fingerprint density at radius 1 is 1.19 bits per heavy atom. The van der Waals surface area contributed by atoms with Crippen molar-refractivity contribution in [1.82, 2.24) is 0 Å². The predicted octanol–water partition coefficient (Wildman–Crippen LogP) is 3.56. The molecule has 0 unspecified atom stereocenters. The number of hydrogen-bond acceptors (Lipinski definition) is 1. The van der Waals surface area contributed by atoms with E-state index in [9.17, 15) is 5.11 Å². The van der Waals surface area contributed by atoms with Gasteiger partial charge in [0.1, 0.15) is 0 Å². The van der Waals surface area contributed by atoms with E-state index in [2.05, 4.69) is 13.6 Å². The van der Waals surface area contributed by atoms with E-state index in [0.29, 0.717) is 5.75 Å². The van der Waals surface area contributed by atoms with Gasteiger partial charge in [-0.05, 0) is 0 Å². The van der Waals surface area contributed by atoms with Crippen LogP contribution in [0.1, 0.15) is 49.1 Å². The van der Waals surface area contributed by atoms with E-state index in [-0.39, 0.29) is 12.4 Å². The maximum absolute atomic E-state index is 9.62. The average Bonchev–Trinajstić information content (AvgIpc) is 2.31. The van der Waals surface area contributed by atoms with E-state index in [1.807, 2.05) is 6.07 Å². The van der Waals surface area contributed by atoms with Crippen molar-refractivity contribution in [2.24, 2.45) is 0 Å². The molecule has 0 atom stereocenters. The Balaban J connectivity index is 0.00000128. The molecule has 0 saturated heterocycles. The van der Waals surface area contributed by atoms with Gasteiger partial charge in [-0.3, -0.25) is 0 Å². The normalized spacial score (nSPS) is 16.4. The summed E-state index contributed by atoms with van der Waals surface area (Å²) >= 11 is 1.00. The van der Waals surface area contributed by atoms with Gasteiger partial charge in [0.15, 0.2) is 0 Å². The molecule has 16 heavy (non-hydrogen) atoms. The van der Waals surface area contributed by atoms with Gasteiger partial charge in [0.05, 0.1) is 0 Å². The van der Waals surface area contributed by atoms with Crippen molar-refractivity contribution in [2.75, 3.05) is 0 Å². The van der Waals surface area contributed by atoms with Gasteiger partial charge in [0, 0.05) is 0 Å². The SMILES string of the molecule is Cl.Oc1ccc(C2CCCCC2)cc1[CH]=[Ce]. The summed E-state index contributed by atoms with van der Waals surface area (Å²) < 4.78 is 2.11. The first-order chi connectivity index (χ1) is 7.31. The predicted molar refractivity (Wildman–Crippen MR) is 66.3 cm³/mol. The fourth-order valence-electron chi connectivity index (χ4n) is 2.38. The minimum absolute atomic E-state index is 0. The monoisotopic (exact) mass is 364 g/mol. The van der Waals surface area contributed by atoms with Crippen LogP contribution in [-0.2, 0) is 0 Å². The Kier molecular flexibility index (Phi) is 6.48. The summed E-state index contributed by atoms with van der Waals surface area (Å²) in [6.45, 7) is 0. The standard InChI is InChI=1S/C13H16O.Ce.ClH/c1-10-9-12(7-8-13(10)14)11-5-3-2-4-6-11;;/h1,7-9,11,14H,2-6H2;;1H. The fourth-order valence-corrected chi connectivity index (χ4v) is 3.10. The first kappa shape index (κ1) is 14.6. The van der Waals surface area contributed by atoms with Crippen molar-refractivity contribution in [3.05, 3.63) is 29.3 Å². The van der Waals surface area contributed by atoms with Crippen molar-refractivity contribution in [2.45, 2.75) is 38.0 Å². The molecule has 1 N–H and O–H groups in total. The van der Waals surface area contributed by atoms with Crippen LogP contribution in [0.2, 0.25) is 0 Å². The van der Waals surface area contributed by atoms with Gasteiger partial charge < -0.3 is 0 Å². The third kappa shape index (κ3) is 3.52. The molecule has 1 aliphatic carbocycles. The number of hydrogen-bond donors (Lipinski definition) is 1. The van der Waals surface area contributed by atoms with E-state index in [1.54, 1.807) is 0 Å². The van der Waals surface area contributed by atoms with Gasteiger partial charge in [-0.2, -0.15) is 0 Å². The Bertz CT molecular complexity index is 359. The molecule has 1 nitrogen and oxygen atoms in total. The quantitative estimate of drug-likeness (QED) is 0.850. The summed E-state index contributed by atoms with van der Waals surface area (Å²) in [5.74, 6) is 1.17. The molecule has 1 saturated carbocycles. The van der Waals surface area contributed by atoms with Gasteiger partial charge in [-0.25, -0.2) is 0 Å². The van der Waals surface area contributed by atoms with Crippen LogP contribution >= 0.6 is 12.4 Å². The van der Waals surface area contributed by atoms with E-state index in [1.165, 1.54) is 37.7 Å². The molecule has 86 valence electrons. The molecule has 1 fully saturated rings. The molecule has 0 spiro atoms. The number of halogens is 1. The first-order valence-electron chi connectivity index (χ1n) is 5.64. The van der Waals surface area contributed by atoms with Gasteiger partial charge >= 0.3 is 119 Å². The van der Waals surface area contributed by atoms with E-state index in [0.717, 1.165) is 50.6 Å². The third-order valence-corrected chi connectivity index (χ3v) is 4.26. The zero-order valence-corrected chi connectivity index (χ0v) is 13.2. The average molecular weight is 365 g/mol. The molecule has 0 radical (unpaired) electrons. The summed E-state index contributed by atoms with van der Waals surface area (Å²) in [6, 6.07) is 6.13. The molecule has 0 bridgehead atoms. The molecular weight excluding hydrogens is 348 g/mol. The zero-order chi connectivity index (χ0) is 10.7. The molecule has 0 amide bonds. The fraction of sp³-hybridized carbons (Fsp3) is 0.462. The van der Waals surface area contributed by atoms with Crippen LogP contribution in [0.15, 0.2) is 18.2 Å². The topological polar surface area (TPSA) is 20.2 Å². The van der Waals surface area contributed by atoms with Gasteiger partial charge in [-0.1, -0.05) is 0 Å². The van der Waals surface area contributed by atoms with E-state index in [4.69, 9.17) is 0 Å². The Morgan fingerprint density at radius 3 is 2.50 bits per heavy atom. The van der Waals surface area contributed by atoms with Gasteiger partial charge in [0.2, 0.25) is 0 Å². The van der Waals surface area contributed by atoms with Crippen molar-refractivity contribution in [1.29, 1.82) is 0 Å². The van der Waals surface area contributed by atoms with E-state index >= 15 is 0 Å². The first-order valence-corrected chi connectivity index (χ1v) is 7.46. The van der Waals surface area contributed by atoms with Crippen molar-refractivity contribution < 1.29 is 44.2 Å². The number of phenols is 1. The van der Waals surface area contributed by atoms with Crippen molar-refractivity contribution >= 4 is 13.9 Å². The Morgan fingerprint density at radius 2 is 1.88 bits per heavy atom. The zero-order valence-electron chi connectivity index (χ0n) is 9.28.